The van der Waals surface area contributed by atoms with Crippen molar-refractivity contribution in [2.24, 2.45) is 0 Å². The summed E-state index contributed by atoms with van der Waals surface area (Å²) in [6, 6.07) is 20.7. The molecule has 2 aliphatic rings. The lowest BCUT2D eigenvalue weighted by atomic mass is 9.75. The predicted octanol–water partition coefficient (Wildman–Crippen LogP) is 4.90. The van der Waals surface area contributed by atoms with Gasteiger partial charge in [0, 0.05) is 15.5 Å². The molecule has 0 saturated carbocycles. The van der Waals surface area contributed by atoms with Gasteiger partial charge < -0.3 is 0 Å². The smallest absolute Gasteiger partial charge is 0.241 e. The van der Waals surface area contributed by atoms with E-state index in [1.165, 1.54) is 0 Å². The number of halogens is 1. The highest BCUT2D eigenvalue weighted by Gasteiger charge is 2.65. The first-order valence-corrected chi connectivity index (χ1v) is 10.6. The van der Waals surface area contributed by atoms with Crippen LogP contribution < -0.4 is 5.32 Å². The van der Waals surface area contributed by atoms with Crippen molar-refractivity contribution in [2.45, 2.75) is 36.9 Å². The number of nitro groups is 1. The van der Waals surface area contributed by atoms with Gasteiger partial charge in [0.1, 0.15) is 11.6 Å². The van der Waals surface area contributed by atoms with Crippen molar-refractivity contribution in [1.29, 1.82) is 0 Å². The summed E-state index contributed by atoms with van der Waals surface area (Å²) in [5, 5.41) is 16.5. The third-order valence-electron chi connectivity index (χ3n) is 6.67. The third-order valence-corrected chi connectivity index (χ3v) is 6.92. The van der Waals surface area contributed by atoms with E-state index in [0.717, 1.165) is 22.3 Å². The number of carbonyl (C=O) groups is 1. The Bertz CT molecular complexity index is 1180. The maximum atomic E-state index is 13.8. The number of fused-ring (bicyclic) bond motifs is 1. The third kappa shape index (κ3) is 3.08. The van der Waals surface area contributed by atoms with Crippen LogP contribution in [0.1, 0.15) is 44.6 Å². The first-order chi connectivity index (χ1) is 14.9. The molecule has 0 aromatic heterocycles. The van der Waals surface area contributed by atoms with Crippen molar-refractivity contribution in [1.82, 2.24) is 5.32 Å². The quantitative estimate of drug-likeness (QED) is 0.472. The zero-order chi connectivity index (χ0) is 21.8. The molecule has 31 heavy (non-hydrogen) atoms. The van der Waals surface area contributed by atoms with Gasteiger partial charge in [0.2, 0.25) is 6.04 Å². The molecule has 4 atom stereocenters. The highest BCUT2D eigenvalue weighted by atomic mass is 35.5. The molecule has 5 nitrogen and oxygen atoms in total. The van der Waals surface area contributed by atoms with E-state index in [0.29, 0.717) is 17.0 Å². The topological polar surface area (TPSA) is 72.2 Å². The van der Waals surface area contributed by atoms with Crippen LogP contribution in [0.2, 0.25) is 5.02 Å². The molecule has 0 bridgehead atoms. The minimum absolute atomic E-state index is 0.0792. The summed E-state index contributed by atoms with van der Waals surface area (Å²) in [5.41, 5.74) is 3.12. The van der Waals surface area contributed by atoms with Crippen LogP contribution in [0.5, 0.6) is 0 Å². The summed E-state index contributed by atoms with van der Waals surface area (Å²) in [4.78, 5) is 26.0. The minimum atomic E-state index is -1.08. The molecule has 1 saturated heterocycles. The van der Waals surface area contributed by atoms with Crippen molar-refractivity contribution in [3.63, 3.8) is 0 Å². The van der Waals surface area contributed by atoms with Gasteiger partial charge in [-0.15, -0.1) is 0 Å². The Labute approximate surface area is 185 Å². The molecule has 0 radical (unpaired) electrons. The van der Waals surface area contributed by atoms with Crippen LogP contribution in [0.15, 0.2) is 72.8 Å². The van der Waals surface area contributed by atoms with Gasteiger partial charge >= 0.3 is 0 Å². The molecular weight excluding hydrogens is 412 g/mol. The number of carbonyl (C=O) groups excluding carboxylic acids is 1. The Morgan fingerprint density at radius 2 is 1.65 bits per heavy atom. The number of hydrogen-bond donors (Lipinski definition) is 1. The van der Waals surface area contributed by atoms with Crippen LogP contribution in [0.25, 0.3) is 0 Å². The molecule has 0 unspecified atom stereocenters. The molecule has 3 aromatic carbocycles. The van der Waals surface area contributed by atoms with E-state index in [1.54, 1.807) is 24.3 Å². The van der Waals surface area contributed by atoms with Crippen LogP contribution in [-0.4, -0.2) is 22.3 Å². The van der Waals surface area contributed by atoms with Crippen LogP contribution in [-0.2, 0) is 6.42 Å². The highest BCUT2D eigenvalue weighted by Crippen LogP contribution is 2.51. The second-order valence-electron chi connectivity index (χ2n) is 8.47. The van der Waals surface area contributed by atoms with E-state index in [9.17, 15) is 14.9 Å². The van der Waals surface area contributed by atoms with Gasteiger partial charge in [-0.05, 0) is 42.2 Å². The van der Waals surface area contributed by atoms with Gasteiger partial charge in [0.15, 0.2) is 5.78 Å². The average Bonchev–Trinajstić information content (AvgIpc) is 3.25. The van der Waals surface area contributed by atoms with E-state index in [2.05, 4.69) is 5.32 Å². The minimum Gasteiger partial charge on any atom is -0.292 e. The number of ketones is 1. The van der Waals surface area contributed by atoms with E-state index in [-0.39, 0.29) is 10.7 Å². The molecule has 1 spiro atoms. The lowest BCUT2D eigenvalue weighted by Gasteiger charge is -2.29. The summed E-state index contributed by atoms with van der Waals surface area (Å²) in [7, 11) is 0. The Morgan fingerprint density at radius 3 is 2.29 bits per heavy atom. The molecule has 5 rings (SSSR count). The van der Waals surface area contributed by atoms with Gasteiger partial charge in [0.25, 0.3) is 0 Å². The number of benzene rings is 3. The Balaban J connectivity index is 1.70. The van der Waals surface area contributed by atoms with Crippen molar-refractivity contribution in [3.8, 4) is 0 Å². The summed E-state index contributed by atoms with van der Waals surface area (Å²) in [6.07, 6.45) is 0.419. The molecule has 1 N–H and O–H groups in total. The Morgan fingerprint density at radius 1 is 1.00 bits per heavy atom. The van der Waals surface area contributed by atoms with Gasteiger partial charge in [-0.25, -0.2) is 0 Å². The largest absolute Gasteiger partial charge is 0.292 e. The summed E-state index contributed by atoms with van der Waals surface area (Å²) in [5.74, 6) is -0.713. The lowest BCUT2D eigenvalue weighted by Crippen LogP contribution is -2.50. The molecule has 156 valence electrons. The van der Waals surface area contributed by atoms with E-state index in [4.69, 9.17) is 11.6 Å². The van der Waals surface area contributed by atoms with Gasteiger partial charge in [0.05, 0.1) is 5.92 Å². The first kappa shape index (κ1) is 19.9. The van der Waals surface area contributed by atoms with Gasteiger partial charge in [-0.3, -0.25) is 20.2 Å². The number of rotatable bonds is 3. The number of hydrogen-bond acceptors (Lipinski definition) is 4. The first-order valence-electron chi connectivity index (χ1n) is 10.3. The summed E-state index contributed by atoms with van der Waals surface area (Å²) < 4.78 is 0. The van der Waals surface area contributed by atoms with Crippen LogP contribution in [0.3, 0.4) is 0 Å². The number of aryl methyl sites for hydroxylation is 1. The lowest BCUT2D eigenvalue weighted by molar-refractivity contribution is -0.527. The van der Waals surface area contributed by atoms with Crippen LogP contribution in [0, 0.1) is 17.0 Å². The maximum absolute atomic E-state index is 13.8. The van der Waals surface area contributed by atoms with Gasteiger partial charge in [-0.2, -0.15) is 0 Å². The second-order valence-corrected chi connectivity index (χ2v) is 8.91. The van der Waals surface area contributed by atoms with Crippen LogP contribution >= 0.6 is 11.6 Å². The van der Waals surface area contributed by atoms with E-state index in [1.807, 2.05) is 55.5 Å². The fourth-order valence-electron chi connectivity index (χ4n) is 5.27. The second kappa shape index (κ2) is 7.29. The molecule has 1 fully saturated rings. The predicted molar refractivity (Wildman–Crippen MR) is 119 cm³/mol. The standard InChI is InChI=1S/C25H21ClN2O3/c1-15-6-8-17(9-7-15)22-23(28(30)31)21(16-10-12-19(26)13-11-16)25(27-22)14-18-4-2-3-5-20(18)24(25)29/h2-13,21-23,27H,14H2,1H3/t21-,22-,23-,25+/m0/s1. The van der Waals surface area contributed by atoms with E-state index < -0.39 is 23.5 Å². The molecule has 1 aliphatic carbocycles. The molecular formula is C25H21ClN2O3. The van der Waals surface area contributed by atoms with Gasteiger partial charge in [-0.1, -0.05) is 77.8 Å². The maximum Gasteiger partial charge on any atom is 0.241 e. The zero-order valence-corrected chi connectivity index (χ0v) is 17.7. The number of nitrogens with one attached hydrogen (secondary N) is 1. The fraction of sp³-hybridized carbons (Fsp3) is 0.240. The molecule has 3 aromatic rings. The molecule has 1 aliphatic heterocycles. The zero-order valence-electron chi connectivity index (χ0n) is 16.9. The number of nitrogens with zero attached hydrogens (tertiary/aromatic N) is 1. The highest BCUT2D eigenvalue weighted by molar-refractivity contribution is 6.30. The van der Waals surface area contributed by atoms with Crippen molar-refractivity contribution in [3.05, 3.63) is 116 Å². The normalized spacial score (nSPS) is 26.9. The molecule has 1 heterocycles. The molecule has 0 amide bonds. The monoisotopic (exact) mass is 432 g/mol. The number of Topliss-reactive ketones (excluding diaryl/α,β-unsaturated/α-hetero) is 1. The fourth-order valence-corrected chi connectivity index (χ4v) is 5.40. The average molecular weight is 433 g/mol. The Kier molecular flexibility index (Phi) is 4.68. The van der Waals surface area contributed by atoms with Crippen LogP contribution in [0.4, 0.5) is 0 Å². The van der Waals surface area contributed by atoms with Crippen molar-refractivity contribution < 1.29 is 9.72 Å². The summed E-state index contributed by atoms with van der Waals surface area (Å²) >= 11 is 6.09. The summed E-state index contributed by atoms with van der Waals surface area (Å²) in [6.45, 7) is 1.98. The van der Waals surface area contributed by atoms with Crippen molar-refractivity contribution in [2.75, 3.05) is 0 Å². The van der Waals surface area contributed by atoms with Crippen molar-refractivity contribution >= 4 is 17.4 Å². The SMILES string of the molecule is Cc1ccc([C@@H]2N[C@]3(Cc4ccccc4C3=O)[C@@H](c3ccc(Cl)cc3)[C@@H]2[N+](=O)[O-])cc1. The van der Waals surface area contributed by atoms with E-state index >= 15 is 0 Å². The Hall–Kier alpha value is -3.02. The molecule has 6 heteroatoms.